The molecule has 0 aliphatic heterocycles. The van der Waals surface area contributed by atoms with Crippen molar-refractivity contribution >= 4 is 34.0 Å². The molecule has 0 spiro atoms. The summed E-state index contributed by atoms with van der Waals surface area (Å²) in [5.74, 6) is 6.23. The molecule has 7 heteroatoms. The summed E-state index contributed by atoms with van der Waals surface area (Å²) in [7, 11) is 2.77. The highest BCUT2D eigenvalue weighted by Gasteiger charge is 2.17. The number of carbonyl (C=O) groups is 1. The Morgan fingerprint density at radius 3 is 2.76 bits per heavy atom. The summed E-state index contributed by atoms with van der Waals surface area (Å²) < 4.78 is 13.9. The Balaban J connectivity index is 3.03. The predicted octanol–water partition coefficient (Wildman–Crippen LogP) is 2.38. The number of rotatable bonds is 7. The minimum atomic E-state index is -0.443. The van der Waals surface area contributed by atoms with Crippen molar-refractivity contribution in [3.05, 3.63) is 35.9 Å². The summed E-state index contributed by atoms with van der Waals surface area (Å²) in [4.78, 5) is 11.7. The molecule has 21 heavy (non-hydrogen) atoms. The van der Waals surface area contributed by atoms with Gasteiger partial charge in [-0.2, -0.15) is 4.47 Å². The van der Waals surface area contributed by atoms with Crippen LogP contribution in [0.4, 0.5) is 0 Å². The zero-order chi connectivity index (χ0) is 15.8. The lowest BCUT2D eigenvalue weighted by Crippen LogP contribution is -2.06. The third-order valence-electron chi connectivity index (χ3n) is 2.79. The summed E-state index contributed by atoms with van der Waals surface area (Å²) in [6.07, 6.45) is 1.98. The molecule has 0 aliphatic carbocycles. The Hall–Kier alpha value is -1.31. The minimum Gasteiger partial charge on any atom is -0.496 e. The van der Waals surface area contributed by atoms with E-state index in [9.17, 15) is 4.79 Å². The van der Waals surface area contributed by atoms with E-state index in [0.29, 0.717) is 11.3 Å². The molecule has 0 aromatic heterocycles. The Kier molecular flexibility index (Phi) is 7.49. The van der Waals surface area contributed by atoms with E-state index in [1.54, 1.807) is 18.9 Å². The highest BCUT2D eigenvalue weighted by atomic mass is 32.2. The predicted molar refractivity (Wildman–Crippen MR) is 90.1 cm³/mol. The van der Waals surface area contributed by atoms with Gasteiger partial charge in [-0.3, -0.25) is 0 Å². The molecule has 1 unspecified atom stereocenters. The van der Waals surface area contributed by atoms with Gasteiger partial charge in [-0.1, -0.05) is 29.4 Å². The first-order chi connectivity index (χ1) is 10.0. The van der Waals surface area contributed by atoms with Crippen LogP contribution in [-0.2, 0) is 26.0 Å². The van der Waals surface area contributed by atoms with Gasteiger partial charge in [-0.05, 0) is 17.9 Å². The monoisotopic (exact) mass is 328 g/mol. The Morgan fingerprint density at radius 2 is 2.19 bits per heavy atom. The Bertz CT molecular complexity index is 559. The van der Waals surface area contributed by atoms with Crippen LogP contribution in [0, 0.1) is 0 Å². The molecule has 0 radical (unpaired) electrons. The number of hydrogen-bond acceptors (Lipinski definition) is 5. The lowest BCUT2D eigenvalue weighted by Gasteiger charge is -2.14. The van der Waals surface area contributed by atoms with E-state index in [1.807, 2.05) is 24.5 Å². The molecule has 0 aliphatic rings. The highest BCUT2D eigenvalue weighted by molar-refractivity contribution is 8.10. The molecular weight excluding hydrogens is 308 g/mol. The average molecular weight is 328 g/mol. The first-order valence-electron chi connectivity index (χ1n) is 6.10. The van der Waals surface area contributed by atoms with Crippen LogP contribution in [0.25, 0.3) is 5.57 Å². The molecule has 116 valence electrons. The first-order valence-corrected chi connectivity index (χ1v) is 9.01. The molecule has 0 amide bonds. The zero-order valence-electron chi connectivity index (χ0n) is 12.4. The topological polar surface area (TPSA) is 73.9 Å². The van der Waals surface area contributed by atoms with E-state index in [0.717, 1.165) is 22.0 Å². The number of benzene rings is 1. The van der Waals surface area contributed by atoms with Crippen LogP contribution in [0.15, 0.2) is 29.2 Å². The molecule has 1 atom stereocenters. The summed E-state index contributed by atoms with van der Waals surface area (Å²) in [6, 6.07) is 5.54. The zero-order valence-corrected chi connectivity index (χ0v) is 14.1. The van der Waals surface area contributed by atoms with E-state index in [1.165, 1.54) is 7.11 Å². The number of carbonyl (C=O) groups excluding carboxylic acids is 1. The Labute approximate surface area is 132 Å². The van der Waals surface area contributed by atoms with Crippen LogP contribution >= 0.6 is 11.8 Å². The van der Waals surface area contributed by atoms with Gasteiger partial charge in [-0.15, -0.1) is 11.8 Å². The number of thioether (sulfide) groups is 1. The summed E-state index contributed by atoms with van der Waals surface area (Å²) in [5.41, 5.74) is 2.00. The molecule has 0 saturated carbocycles. The van der Waals surface area contributed by atoms with Gasteiger partial charge in [0.15, 0.2) is 0 Å². The molecule has 0 heterocycles. The lowest BCUT2D eigenvalue weighted by molar-refractivity contribution is -0.133. The molecule has 0 bridgehead atoms. The molecule has 1 aromatic carbocycles. The molecule has 1 rings (SSSR count). The SMILES string of the molecule is C=C(C(=O)OC)c1cccc(OC)c1CSC/S(C)=N/N. The summed E-state index contributed by atoms with van der Waals surface area (Å²) in [5, 5.41) is 0.818. The van der Waals surface area contributed by atoms with E-state index < -0.39 is 5.97 Å². The molecular formula is C14H20N2O3S2. The van der Waals surface area contributed by atoms with Gasteiger partial charge in [-0.25, -0.2) is 10.6 Å². The molecule has 0 fully saturated rings. The van der Waals surface area contributed by atoms with Crippen molar-refractivity contribution in [1.29, 1.82) is 0 Å². The van der Waals surface area contributed by atoms with Crippen LogP contribution < -0.4 is 10.6 Å². The van der Waals surface area contributed by atoms with Crippen molar-refractivity contribution in [2.24, 2.45) is 10.3 Å². The van der Waals surface area contributed by atoms with Crippen LogP contribution in [0.5, 0.6) is 5.75 Å². The molecule has 5 nitrogen and oxygen atoms in total. The highest BCUT2D eigenvalue weighted by Crippen LogP contribution is 2.31. The maximum absolute atomic E-state index is 11.7. The van der Waals surface area contributed by atoms with Gasteiger partial charge in [0.25, 0.3) is 0 Å². The smallest absolute Gasteiger partial charge is 0.337 e. The van der Waals surface area contributed by atoms with Crippen LogP contribution in [0.1, 0.15) is 11.1 Å². The Morgan fingerprint density at radius 1 is 1.48 bits per heavy atom. The van der Waals surface area contributed by atoms with Gasteiger partial charge < -0.3 is 9.47 Å². The fourth-order valence-corrected chi connectivity index (χ4v) is 3.76. The number of nitrogens with two attached hydrogens (primary N) is 1. The van der Waals surface area contributed by atoms with Crippen LogP contribution in [0.2, 0.25) is 0 Å². The van der Waals surface area contributed by atoms with Crippen LogP contribution in [0.3, 0.4) is 0 Å². The van der Waals surface area contributed by atoms with E-state index in [-0.39, 0.29) is 10.7 Å². The van der Waals surface area contributed by atoms with Gasteiger partial charge in [0, 0.05) is 11.3 Å². The van der Waals surface area contributed by atoms with Crippen molar-refractivity contribution in [3.8, 4) is 5.75 Å². The maximum Gasteiger partial charge on any atom is 0.337 e. The quantitative estimate of drug-likeness (QED) is 0.360. The van der Waals surface area contributed by atoms with Gasteiger partial charge in [0.2, 0.25) is 0 Å². The lowest BCUT2D eigenvalue weighted by atomic mass is 10.0. The number of methoxy groups -OCH3 is 2. The normalized spacial score (nSPS) is 12.0. The van der Waals surface area contributed by atoms with Crippen molar-refractivity contribution < 1.29 is 14.3 Å². The number of hydrogen-bond donors (Lipinski definition) is 1. The largest absolute Gasteiger partial charge is 0.496 e. The minimum absolute atomic E-state index is 0.176. The fraction of sp³-hybridized carbons (Fsp3) is 0.357. The second-order valence-corrected chi connectivity index (χ2v) is 7.18. The summed E-state index contributed by atoms with van der Waals surface area (Å²) >= 11 is 1.68. The molecule has 2 N–H and O–H groups in total. The number of ether oxygens (including phenoxy) is 2. The number of esters is 1. The first kappa shape index (κ1) is 17.7. The fourth-order valence-electron chi connectivity index (χ4n) is 1.72. The molecule has 1 aromatic rings. The standard InChI is InChI=1S/C14H20N2O3S2/c1-10(14(17)19-3)11-6-5-7-13(18-2)12(11)8-20-9-21(4)16-15/h5-7H,1,8-9,15H2,2-4H3. The summed E-state index contributed by atoms with van der Waals surface area (Å²) in [6.45, 7) is 3.81. The second kappa shape index (κ2) is 8.86. The van der Waals surface area contributed by atoms with Crippen molar-refractivity contribution in [2.45, 2.75) is 5.75 Å². The van der Waals surface area contributed by atoms with Crippen LogP contribution in [-0.4, -0.2) is 31.5 Å². The second-order valence-electron chi connectivity index (χ2n) is 4.13. The van der Waals surface area contributed by atoms with E-state index >= 15 is 0 Å². The van der Waals surface area contributed by atoms with E-state index in [4.69, 9.17) is 15.3 Å². The number of nitrogens with zero attached hydrogens (tertiary/aromatic N) is 1. The van der Waals surface area contributed by atoms with Gasteiger partial charge in [0.05, 0.1) is 24.9 Å². The van der Waals surface area contributed by atoms with Crippen molar-refractivity contribution in [3.63, 3.8) is 0 Å². The van der Waals surface area contributed by atoms with Crippen molar-refractivity contribution in [2.75, 3.05) is 25.6 Å². The third-order valence-corrected chi connectivity index (χ3v) is 5.67. The van der Waals surface area contributed by atoms with Crippen molar-refractivity contribution in [1.82, 2.24) is 0 Å². The third kappa shape index (κ3) is 4.87. The average Bonchev–Trinajstić information content (AvgIpc) is 2.53. The molecule has 0 saturated heterocycles. The van der Waals surface area contributed by atoms with Gasteiger partial charge >= 0.3 is 5.97 Å². The maximum atomic E-state index is 11.7. The van der Waals surface area contributed by atoms with E-state index in [2.05, 4.69) is 11.1 Å². The van der Waals surface area contributed by atoms with Gasteiger partial charge in [0.1, 0.15) is 5.75 Å².